The molecule has 0 radical (unpaired) electrons. The summed E-state index contributed by atoms with van der Waals surface area (Å²) in [5.41, 5.74) is 1.96. The summed E-state index contributed by atoms with van der Waals surface area (Å²) >= 11 is 0. The van der Waals surface area contributed by atoms with Crippen molar-refractivity contribution in [3.05, 3.63) is 18.0 Å². The Morgan fingerprint density at radius 3 is 2.82 bits per heavy atom. The molecule has 0 aliphatic carbocycles. The lowest BCUT2D eigenvalue weighted by Crippen LogP contribution is -2.44. The molecule has 0 aromatic carbocycles. The number of aromatic nitrogens is 2. The minimum Gasteiger partial charge on any atom is -0.465 e. The van der Waals surface area contributed by atoms with E-state index in [2.05, 4.69) is 20.4 Å². The van der Waals surface area contributed by atoms with Gasteiger partial charge in [-0.3, -0.25) is 0 Å². The van der Waals surface area contributed by atoms with Gasteiger partial charge in [0, 0.05) is 19.1 Å². The predicted molar refractivity (Wildman–Crippen MR) is 63.2 cm³/mol. The number of aryl methyl sites for hydroxylation is 1. The number of piperidine rings is 1. The smallest absolute Gasteiger partial charge is 0.404 e. The summed E-state index contributed by atoms with van der Waals surface area (Å²) in [4.78, 5) is 12.7. The van der Waals surface area contributed by atoms with Crippen molar-refractivity contribution in [3.63, 3.8) is 0 Å². The molecule has 0 bridgehead atoms. The monoisotopic (exact) mass is 236 g/mol. The van der Waals surface area contributed by atoms with Gasteiger partial charge in [0.2, 0.25) is 0 Å². The van der Waals surface area contributed by atoms with Gasteiger partial charge in [-0.1, -0.05) is 0 Å². The highest BCUT2D eigenvalue weighted by atomic mass is 16.4. The molecular formula is C11H16N4O2. The molecular weight excluding hydrogens is 220 g/mol. The quantitative estimate of drug-likeness (QED) is 0.801. The number of anilines is 1. The number of hydrogen-bond acceptors (Lipinski definition) is 4. The van der Waals surface area contributed by atoms with Gasteiger partial charge in [0.15, 0.2) is 0 Å². The van der Waals surface area contributed by atoms with Gasteiger partial charge in [0.05, 0.1) is 17.6 Å². The summed E-state index contributed by atoms with van der Waals surface area (Å²) in [6, 6.07) is 2.07. The van der Waals surface area contributed by atoms with E-state index in [0.717, 1.165) is 37.3 Å². The first-order chi connectivity index (χ1) is 8.15. The van der Waals surface area contributed by atoms with E-state index in [1.165, 1.54) is 0 Å². The Hall–Kier alpha value is -1.85. The second-order valence-electron chi connectivity index (χ2n) is 4.27. The van der Waals surface area contributed by atoms with E-state index in [4.69, 9.17) is 5.11 Å². The van der Waals surface area contributed by atoms with Gasteiger partial charge in [-0.25, -0.2) is 4.79 Å². The Morgan fingerprint density at radius 1 is 1.53 bits per heavy atom. The largest absolute Gasteiger partial charge is 0.465 e. The van der Waals surface area contributed by atoms with Gasteiger partial charge in [-0.15, -0.1) is 0 Å². The Morgan fingerprint density at radius 2 is 2.24 bits per heavy atom. The lowest BCUT2D eigenvalue weighted by Gasteiger charge is -2.33. The second-order valence-corrected chi connectivity index (χ2v) is 4.27. The van der Waals surface area contributed by atoms with Crippen molar-refractivity contribution >= 4 is 11.8 Å². The Labute approximate surface area is 99.7 Å². The summed E-state index contributed by atoms with van der Waals surface area (Å²) in [6.07, 6.45) is 2.46. The number of carboxylic acid groups (broad SMARTS) is 1. The fourth-order valence-corrected chi connectivity index (χ4v) is 2.09. The topological polar surface area (TPSA) is 78.4 Å². The second kappa shape index (κ2) is 4.99. The molecule has 1 aliphatic rings. The maximum atomic E-state index is 10.5. The van der Waals surface area contributed by atoms with Crippen LogP contribution in [0.4, 0.5) is 10.5 Å². The molecule has 1 amide bonds. The van der Waals surface area contributed by atoms with Crippen LogP contribution in [0, 0.1) is 6.92 Å². The molecule has 1 saturated heterocycles. The van der Waals surface area contributed by atoms with E-state index in [9.17, 15) is 4.79 Å². The molecule has 6 heteroatoms. The van der Waals surface area contributed by atoms with Crippen LogP contribution in [0.2, 0.25) is 0 Å². The van der Waals surface area contributed by atoms with Crippen LogP contribution in [0.15, 0.2) is 12.3 Å². The molecule has 1 aliphatic heterocycles. The third-order valence-electron chi connectivity index (χ3n) is 2.95. The fourth-order valence-electron chi connectivity index (χ4n) is 2.09. The van der Waals surface area contributed by atoms with E-state index in [-0.39, 0.29) is 6.04 Å². The maximum absolute atomic E-state index is 10.5. The highest BCUT2D eigenvalue weighted by Crippen LogP contribution is 2.19. The van der Waals surface area contributed by atoms with Gasteiger partial charge in [-0.2, -0.15) is 10.2 Å². The van der Waals surface area contributed by atoms with E-state index in [1.807, 2.05) is 13.0 Å². The zero-order chi connectivity index (χ0) is 12.3. The Bertz CT molecular complexity index is 402. The van der Waals surface area contributed by atoms with E-state index in [1.54, 1.807) is 6.20 Å². The van der Waals surface area contributed by atoms with Crippen LogP contribution in [0.1, 0.15) is 18.5 Å². The zero-order valence-corrected chi connectivity index (χ0v) is 9.76. The van der Waals surface area contributed by atoms with Crippen molar-refractivity contribution in [1.29, 1.82) is 0 Å². The number of rotatable bonds is 2. The van der Waals surface area contributed by atoms with Gasteiger partial charge >= 0.3 is 6.09 Å². The standard InChI is InChI=1S/C11H16N4O2/c1-8-6-10(7-12-14-8)15-4-2-9(3-5-15)13-11(16)17/h6-7,9,13H,2-5H2,1H3,(H,16,17). The highest BCUT2D eigenvalue weighted by Gasteiger charge is 2.20. The minimum absolute atomic E-state index is 0.0691. The summed E-state index contributed by atoms with van der Waals surface area (Å²) in [5.74, 6) is 0. The average Bonchev–Trinajstić information content (AvgIpc) is 2.29. The zero-order valence-electron chi connectivity index (χ0n) is 9.76. The molecule has 1 aromatic heterocycles. The predicted octanol–water partition coefficient (Wildman–Crippen LogP) is 1.02. The van der Waals surface area contributed by atoms with Gasteiger partial charge in [0.1, 0.15) is 0 Å². The van der Waals surface area contributed by atoms with Crippen LogP contribution >= 0.6 is 0 Å². The number of amides is 1. The first kappa shape index (κ1) is 11.6. The van der Waals surface area contributed by atoms with Gasteiger partial charge in [0.25, 0.3) is 0 Å². The van der Waals surface area contributed by atoms with Crippen molar-refractivity contribution in [2.24, 2.45) is 0 Å². The van der Waals surface area contributed by atoms with E-state index in [0.29, 0.717) is 0 Å². The van der Waals surface area contributed by atoms with Crippen LogP contribution in [0.5, 0.6) is 0 Å². The number of carbonyl (C=O) groups is 1. The van der Waals surface area contributed by atoms with Gasteiger partial charge < -0.3 is 15.3 Å². The Kier molecular flexibility index (Phi) is 3.41. The van der Waals surface area contributed by atoms with Crippen LogP contribution in [-0.2, 0) is 0 Å². The van der Waals surface area contributed by atoms with Crippen molar-refractivity contribution in [2.45, 2.75) is 25.8 Å². The molecule has 6 nitrogen and oxygen atoms in total. The van der Waals surface area contributed by atoms with E-state index >= 15 is 0 Å². The van der Waals surface area contributed by atoms with Crippen molar-refractivity contribution in [2.75, 3.05) is 18.0 Å². The Balaban J connectivity index is 1.93. The molecule has 0 saturated carbocycles. The molecule has 0 atom stereocenters. The van der Waals surface area contributed by atoms with Crippen molar-refractivity contribution in [3.8, 4) is 0 Å². The summed E-state index contributed by atoms with van der Waals surface area (Å²) in [6.45, 7) is 3.60. The molecule has 0 spiro atoms. The third kappa shape index (κ3) is 3.05. The third-order valence-corrected chi connectivity index (χ3v) is 2.95. The fraction of sp³-hybridized carbons (Fsp3) is 0.545. The molecule has 2 N–H and O–H groups in total. The lowest BCUT2D eigenvalue weighted by molar-refractivity contribution is 0.187. The lowest BCUT2D eigenvalue weighted by atomic mass is 10.0. The van der Waals surface area contributed by atoms with Crippen LogP contribution in [0.25, 0.3) is 0 Å². The molecule has 1 aromatic rings. The normalized spacial score (nSPS) is 16.9. The highest BCUT2D eigenvalue weighted by molar-refractivity contribution is 5.64. The van der Waals surface area contributed by atoms with Gasteiger partial charge in [-0.05, 0) is 25.8 Å². The van der Waals surface area contributed by atoms with Crippen LogP contribution in [-0.4, -0.2) is 40.5 Å². The minimum atomic E-state index is -0.940. The first-order valence-electron chi connectivity index (χ1n) is 5.69. The number of hydrogen-bond donors (Lipinski definition) is 2. The number of nitrogens with zero attached hydrogens (tertiary/aromatic N) is 3. The maximum Gasteiger partial charge on any atom is 0.404 e. The SMILES string of the molecule is Cc1cc(N2CCC(NC(=O)O)CC2)cnn1. The van der Waals surface area contributed by atoms with Crippen molar-refractivity contribution in [1.82, 2.24) is 15.5 Å². The number of nitrogens with one attached hydrogen (secondary N) is 1. The molecule has 1 fully saturated rings. The first-order valence-corrected chi connectivity index (χ1v) is 5.69. The molecule has 2 heterocycles. The van der Waals surface area contributed by atoms with E-state index < -0.39 is 6.09 Å². The molecule has 0 unspecified atom stereocenters. The summed E-state index contributed by atoms with van der Waals surface area (Å²) in [7, 11) is 0. The molecule has 17 heavy (non-hydrogen) atoms. The summed E-state index contributed by atoms with van der Waals surface area (Å²) in [5, 5.41) is 19.0. The van der Waals surface area contributed by atoms with Crippen LogP contribution < -0.4 is 10.2 Å². The van der Waals surface area contributed by atoms with Crippen LogP contribution in [0.3, 0.4) is 0 Å². The molecule has 2 rings (SSSR count). The average molecular weight is 236 g/mol. The molecule has 92 valence electrons. The summed E-state index contributed by atoms with van der Waals surface area (Å²) < 4.78 is 0. The van der Waals surface area contributed by atoms with Crippen molar-refractivity contribution < 1.29 is 9.90 Å².